The van der Waals surface area contributed by atoms with Gasteiger partial charge in [-0.05, 0) is 49.2 Å². The molecule has 0 aliphatic rings. The number of unbranched alkanes of at least 4 members (excludes halogenated alkanes) is 1. The van der Waals surface area contributed by atoms with E-state index in [0.717, 1.165) is 30.8 Å². The second-order valence-corrected chi connectivity index (χ2v) is 5.59. The van der Waals surface area contributed by atoms with Crippen LogP contribution in [-0.4, -0.2) is 13.1 Å². The standard InChI is InChI=1S/C18H23ClN2/c1-2-3-13-21(17-7-5-4-6-8-17)18-14-16(19)10-9-15(18)11-12-20/h4-10,14H,2-3,11-13,20H2,1H3. The monoisotopic (exact) mass is 302 g/mol. The molecular weight excluding hydrogens is 280 g/mol. The first-order valence-corrected chi connectivity index (χ1v) is 7.95. The Morgan fingerprint density at radius 1 is 1.10 bits per heavy atom. The summed E-state index contributed by atoms with van der Waals surface area (Å²) >= 11 is 6.22. The summed E-state index contributed by atoms with van der Waals surface area (Å²) in [6.07, 6.45) is 3.17. The normalized spacial score (nSPS) is 10.6. The Bertz CT molecular complexity index is 554. The van der Waals surface area contributed by atoms with E-state index in [2.05, 4.69) is 48.2 Å². The quantitative estimate of drug-likeness (QED) is 0.797. The summed E-state index contributed by atoms with van der Waals surface area (Å²) in [6, 6.07) is 16.6. The number of nitrogens with two attached hydrogens (primary N) is 1. The highest BCUT2D eigenvalue weighted by atomic mass is 35.5. The fourth-order valence-corrected chi connectivity index (χ4v) is 2.63. The lowest BCUT2D eigenvalue weighted by Gasteiger charge is -2.27. The van der Waals surface area contributed by atoms with Crippen molar-refractivity contribution < 1.29 is 0 Å². The Hall–Kier alpha value is -1.51. The third-order valence-electron chi connectivity index (χ3n) is 3.55. The molecule has 2 aromatic rings. The number of nitrogens with zero attached hydrogens (tertiary/aromatic N) is 1. The van der Waals surface area contributed by atoms with E-state index in [9.17, 15) is 0 Å². The predicted octanol–water partition coefficient (Wildman–Crippen LogP) is 4.78. The average Bonchev–Trinajstić information content (AvgIpc) is 2.51. The molecule has 0 saturated carbocycles. The van der Waals surface area contributed by atoms with Crippen molar-refractivity contribution in [3.8, 4) is 0 Å². The summed E-state index contributed by atoms with van der Waals surface area (Å²) in [5.41, 5.74) is 9.38. The molecule has 2 nitrogen and oxygen atoms in total. The molecule has 2 aromatic carbocycles. The second-order valence-electron chi connectivity index (χ2n) is 5.15. The van der Waals surface area contributed by atoms with Crippen molar-refractivity contribution in [2.45, 2.75) is 26.2 Å². The van der Waals surface area contributed by atoms with Crippen molar-refractivity contribution in [1.82, 2.24) is 0 Å². The first kappa shape index (κ1) is 15.9. The number of hydrogen-bond donors (Lipinski definition) is 1. The van der Waals surface area contributed by atoms with Crippen molar-refractivity contribution >= 4 is 23.0 Å². The maximum absolute atomic E-state index is 6.22. The van der Waals surface area contributed by atoms with Crippen molar-refractivity contribution in [2.24, 2.45) is 5.73 Å². The smallest absolute Gasteiger partial charge is 0.0458 e. The molecule has 0 bridgehead atoms. The lowest BCUT2D eigenvalue weighted by atomic mass is 10.1. The van der Waals surface area contributed by atoms with E-state index in [1.54, 1.807) is 0 Å². The SMILES string of the molecule is CCCCN(c1ccccc1)c1cc(Cl)ccc1CCN. The number of hydrogen-bond acceptors (Lipinski definition) is 2. The zero-order chi connectivity index (χ0) is 15.1. The summed E-state index contributed by atoms with van der Waals surface area (Å²) in [5, 5.41) is 0.767. The highest BCUT2D eigenvalue weighted by Crippen LogP contribution is 2.31. The number of para-hydroxylation sites is 1. The van der Waals surface area contributed by atoms with Crippen LogP contribution in [0.15, 0.2) is 48.5 Å². The summed E-state index contributed by atoms with van der Waals surface area (Å²) in [7, 11) is 0. The van der Waals surface area contributed by atoms with Gasteiger partial charge in [0.25, 0.3) is 0 Å². The molecule has 0 unspecified atom stereocenters. The largest absolute Gasteiger partial charge is 0.341 e. The Kier molecular flexibility index (Phi) is 6.09. The van der Waals surface area contributed by atoms with Gasteiger partial charge in [-0.3, -0.25) is 0 Å². The van der Waals surface area contributed by atoms with Gasteiger partial charge in [0.15, 0.2) is 0 Å². The van der Waals surface area contributed by atoms with Crippen molar-refractivity contribution in [1.29, 1.82) is 0 Å². The van der Waals surface area contributed by atoms with Gasteiger partial charge >= 0.3 is 0 Å². The van der Waals surface area contributed by atoms with Crippen LogP contribution in [0.25, 0.3) is 0 Å². The van der Waals surface area contributed by atoms with Crippen LogP contribution in [0.4, 0.5) is 11.4 Å². The van der Waals surface area contributed by atoms with Crippen LogP contribution >= 0.6 is 11.6 Å². The lowest BCUT2D eigenvalue weighted by molar-refractivity contribution is 0.782. The summed E-state index contributed by atoms with van der Waals surface area (Å²) in [5.74, 6) is 0. The molecule has 2 N–H and O–H groups in total. The van der Waals surface area contributed by atoms with E-state index < -0.39 is 0 Å². The number of anilines is 2. The summed E-state index contributed by atoms with van der Waals surface area (Å²) in [6.45, 7) is 3.84. The Morgan fingerprint density at radius 3 is 2.52 bits per heavy atom. The van der Waals surface area contributed by atoms with E-state index in [0.29, 0.717) is 6.54 Å². The predicted molar refractivity (Wildman–Crippen MR) is 92.6 cm³/mol. The van der Waals surface area contributed by atoms with Gasteiger partial charge in [-0.1, -0.05) is 49.2 Å². The van der Waals surface area contributed by atoms with Crippen molar-refractivity contribution in [3.63, 3.8) is 0 Å². The molecule has 0 heterocycles. The number of benzene rings is 2. The van der Waals surface area contributed by atoms with E-state index in [1.165, 1.54) is 16.9 Å². The topological polar surface area (TPSA) is 29.3 Å². The molecule has 0 saturated heterocycles. The maximum atomic E-state index is 6.22. The van der Waals surface area contributed by atoms with Gasteiger partial charge in [-0.2, -0.15) is 0 Å². The van der Waals surface area contributed by atoms with E-state index >= 15 is 0 Å². The molecule has 0 atom stereocenters. The third kappa shape index (κ3) is 4.23. The molecular formula is C18H23ClN2. The van der Waals surface area contributed by atoms with E-state index in [1.807, 2.05) is 12.1 Å². The zero-order valence-corrected chi connectivity index (χ0v) is 13.3. The van der Waals surface area contributed by atoms with Crippen molar-refractivity contribution in [2.75, 3.05) is 18.0 Å². The molecule has 0 amide bonds. The molecule has 0 fully saturated rings. The number of rotatable bonds is 7. The minimum absolute atomic E-state index is 0.644. The number of halogens is 1. The molecule has 0 radical (unpaired) electrons. The fourth-order valence-electron chi connectivity index (χ4n) is 2.47. The Morgan fingerprint density at radius 2 is 1.86 bits per heavy atom. The van der Waals surface area contributed by atoms with Gasteiger partial charge in [0.2, 0.25) is 0 Å². The molecule has 3 heteroatoms. The van der Waals surface area contributed by atoms with Gasteiger partial charge in [0.1, 0.15) is 0 Å². The van der Waals surface area contributed by atoms with Crippen LogP contribution in [-0.2, 0) is 6.42 Å². The van der Waals surface area contributed by atoms with Crippen LogP contribution in [0, 0.1) is 0 Å². The van der Waals surface area contributed by atoms with Crippen LogP contribution < -0.4 is 10.6 Å². The average molecular weight is 303 g/mol. The Balaban J connectivity index is 2.42. The molecule has 0 spiro atoms. The zero-order valence-electron chi connectivity index (χ0n) is 12.6. The van der Waals surface area contributed by atoms with Gasteiger partial charge in [-0.25, -0.2) is 0 Å². The minimum Gasteiger partial charge on any atom is -0.341 e. The summed E-state index contributed by atoms with van der Waals surface area (Å²) < 4.78 is 0. The molecule has 0 aliphatic carbocycles. The molecule has 0 aliphatic heterocycles. The minimum atomic E-state index is 0.644. The maximum Gasteiger partial charge on any atom is 0.0458 e. The van der Waals surface area contributed by atoms with Crippen LogP contribution in [0.2, 0.25) is 5.02 Å². The van der Waals surface area contributed by atoms with E-state index in [4.69, 9.17) is 17.3 Å². The van der Waals surface area contributed by atoms with E-state index in [-0.39, 0.29) is 0 Å². The van der Waals surface area contributed by atoms with Gasteiger partial charge in [0, 0.05) is 22.9 Å². The third-order valence-corrected chi connectivity index (χ3v) is 3.79. The fraction of sp³-hybridized carbons (Fsp3) is 0.333. The molecule has 21 heavy (non-hydrogen) atoms. The highest BCUT2D eigenvalue weighted by Gasteiger charge is 2.13. The van der Waals surface area contributed by atoms with Crippen LogP contribution in [0.1, 0.15) is 25.3 Å². The van der Waals surface area contributed by atoms with Gasteiger partial charge in [0.05, 0.1) is 0 Å². The highest BCUT2D eigenvalue weighted by molar-refractivity contribution is 6.30. The van der Waals surface area contributed by atoms with Crippen molar-refractivity contribution in [3.05, 3.63) is 59.1 Å². The molecule has 0 aromatic heterocycles. The second kappa shape index (κ2) is 8.06. The molecule has 112 valence electrons. The first-order valence-electron chi connectivity index (χ1n) is 7.57. The van der Waals surface area contributed by atoms with Crippen LogP contribution in [0.5, 0.6) is 0 Å². The summed E-state index contributed by atoms with van der Waals surface area (Å²) in [4.78, 5) is 2.35. The van der Waals surface area contributed by atoms with Gasteiger partial charge < -0.3 is 10.6 Å². The first-order chi connectivity index (χ1) is 10.3. The Labute approximate surface area is 132 Å². The van der Waals surface area contributed by atoms with Gasteiger partial charge in [-0.15, -0.1) is 0 Å². The molecule has 2 rings (SSSR count). The lowest BCUT2D eigenvalue weighted by Crippen LogP contribution is -2.20. The van der Waals surface area contributed by atoms with Crippen LogP contribution in [0.3, 0.4) is 0 Å².